The molecule has 1 heterocycles. The fourth-order valence-electron chi connectivity index (χ4n) is 2.97. The standard InChI is InChI=1S/C17H20F3NO3/c1-11(9-12-3-2-4-14(10-12)17(18,19)20)15(22)21-7-5-13(6-8-21)16(23)24/h2-4,10-11,13H,5-9H2,1H3,(H,23,24). The summed E-state index contributed by atoms with van der Waals surface area (Å²) in [6.07, 6.45) is -3.35. The second-order valence-electron chi connectivity index (χ2n) is 6.24. The molecule has 1 aromatic rings. The molecule has 1 aliphatic heterocycles. The van der Waals surface area contributed by atoms with Gasteiger partial charge in [0.2, 0.25) is 5.91 Å². The fraction of sp³-hybridized carbons (Fsp3) is 0.529. The predicted molar refractivity (Wildman–Crippen MR) is 81.3 cm³/mol. The molecule has 7 heteroatoms. The monoisotopic (exact) mass is 343 g/mol. The molecule has 0 aromatic heterocycles. The van der Waals surface area contributed by atoms with E-state index in [1.807, 2.05) is 0 Å². The molecule has 1 N–H and O–H groups in total. The summed E-state index contributed by atoms with van der Waals surface area (Å²) >= 11 is 0. The number of aliphatic carboxylic acids is 1. The van der Waals surface area contributed by atoms with E-state index in [0.717, 1.165) is 12.1 Å². The van der Waals surface area contributed by atoms with Crippen molar-refractivity contribution in [2.24, 2.45) is 11.8 Å². The number of piperidine rings is 1. The maximum Gasteiger partial charge on any atom is 0.416 e. The molecule has 1 amide bonds. The zero-order valence-corrected chi connectivity index (χ0v) is 13.3. The minimum atomic E-state index is -4.40. The van der Waals surface area contributed by atoms with Crippen LogP contribution in [0.5, 0.6) is 0 Å². The van der Waals surface area contributed by atoms with Gasteiger partial charge in [-0.2, -0.15) is 13.2 Å². The van der Waals surface area contributed by atoms with Crippen molar-refractivity contribution in [1.29, 1.82) is 0 Å². The van der Waals surface area contributed by atoms with Crippen molar-refractivity contribution in [2.45, 2.75) is 32.4 Å². The van der Waals surface area contributed by atoms with Crippen LogP contribution in [0.25, 0.3) is 0 Å². The van der Waals surface area contributed by atoms with Gasteiger partial charge in [-0.05, 0) is 30.9 Å². The maximum atomic E-state index is 12.7. The molecule has 1 fully saturated rings. The van der Waals surface area contributed by atoms with Crippen LogP contribution in [-0.4, -0.2) is 35.0 Å². The van der Waals surface area contributed by atoms with Gasteiger partial charge in [0.25, 0.3) is 0 Å². The summed E-state index contributed by atoms with van der Waals surface area (Å²) in [4.78, 5) is 24.9. The molecule has 2 rings (SSSR count). The molecule has 1 saturated heterocycles. The van der Waals surface area contributed by atoms with Crippen molar-refractivity contribution < 1.29 is 27.9 Å². The third kappa shape index (κ3) is 4.49. The van der Waals surface area contributed by atoms with Gasteiger partial charge in [0.1, 0.15) is 0 Å². The van der Waals surface area contributed by atoms with Gasteiger partial charge in [0, 0.05) is 19.0 Å². The van der Waals surface area contributed by atoms with Crippen LogP contribution in [0.1, 0.15) is 30.9 Å². The molecule has 0 radical (unpaired) electrons. The van der Waals surface area contributed by atoms with Gasteiger partial charge in [-0.25, -0.2) is 0 Å². The van der Waals surface area contributed by atoms with Gasteiger partial charge >= 0.3 is 12.1 Å². The number of nitrogens with zero attached hydrogens (tertiary/aromatic N) is 1. The van der Waals surface area contributed by atoms with Gasteiger partial charge in [0.15, 0.2) is 0 Å². The van der Waals surface area contributed by atoms with Crippen LogP contribution in [0.3, 0.4) is 0 Å². The largest absolute Gasteiger partial charge is 0.481 e. The molecular weight excluding hydrogens is 323 g/mol. The van der Waals surface area contributed by atoms with E-state index >= 15 is 0 Å². The van der Waals surface area contributed by atoms with E-state index in [4.69, 9.17) is 5.11 Å². The van der Waals surface area contributed by atoms with Crippen LogP contribution >= 0.6 is 0 Å². The molecule has 1 atom stereocenters. The first kappa shape index (κ1) is 18.3. The Labute approximate surface area is 138 Å². The number of carboxylic acid groups (broad SMARTS) is 1. The highest BCUT2D eigenvalue weighted by Crippen LogP contribution is 2.30. The highest BCUT2D eigenvalue weighted by molar-refractivity contribution is 5.79. The number of carboxylic acids is 1. The number of alkyl halides is 3. The lowest BCUT2D eigenvalue weighted by atomic mass is 9.94. The Kier molecular flexibility index (Phi) is 5.51. The van der Waals surface area contributed by atoms with E-state index in [1.165, 1.54) is 6.07 Å². The summed E-state index contributed by atoms with van der Waals surface area (Å²) in [5.74, 6) is -1.86. The summed E-state index contributed by atoms with van der Waals surface area (Å²) in [6, 6.07) is 5.00. The third-order valence-corrected chi connectivity index (χ3v) is 4.37. The van der Waals surface area contributed by atoms with E-state index in [0.29, 0.717) is 31.5 Å². The van der Waals surface area contributed by atoms with E-state index in [-0.39, 0.29) is 12.3 Å². The third-order valence-electron chi connectivity index (χ3n) is 4.37. The number of hydrogen-bond acceptors (Lipinski definition) is 2. The Morgan fingerprint density at radius 1 is 1.29 bits per heavy atom. The zero-order chi connectivity index (χ0) is 17.9. The first-order valence-electron chi connectivity index (χ1n) is 7.86. The summed E-state index contributed by atoms with van der Waals surface area (Å²) in [6.45, 7) is 2.44. The molecule has 1 aliphatic rings. The number of amides is 1. The van der Waals surface area contributed by atoms with Crippen LogP contribution in [0, 0.1) is 11.8 Å². The summed E-state index contributed by atoms with van der Waals surface area (Å²) in [5.41, 5.74) is -0.256. The Morgan fingerprint density at radius 3 is 2.46 bits per heavy atom. The Morgan fingerprint density at radius 2 is 1.92 bits per heavy atom. The van der Waals surface area contributed by atoms with Crippen LogP contribution < -0.4 is 0 Å². The molecule has 4 nitrogen and oxygen atoms in total. The topological polar surface area (TPSA) is 57.6 Å². The molecule has 0 aliphatic carbocycles. The lowest BCUT2D eigenvalue weighted by Crippen LogP contribution is -2.43. The minimum Gasteiger partial charge on any atom is -0.481 e. The Balaban J connectivity index is 1.96. The van der Waals surface area contributed by atoms with E-state index in [1.54, 1.807) is 17.9 Å². The van der Waals surface area contributed by atoms with E-state index in [9.17, 15) is 22.8 Å². The van der Waals surface area contributed by atoms with Gasteiger partial charge in [0.05, 0.1) is 11.5 Å². The summed E-state index contributed by atoms with van der Waals surface area (Å²) < 4.78 is 38.2. The molecular formula is C17H20F3NO3. The highest BCUT2D eigenvalue weighted by atomic mass is 19.4. The number of hydrogen-bond donors (Lipinski definition) is 1. The van der Waals surface area contributed by atoms with Gasteiger partial charge in [-0.1, -0.05) is 25.1 Å². The molecule has 24 heavy (non-hydrogen) atoms. The molecule has 0 saturated carbocycles. The average Bonchev–Trinajstić information content (AvgIpc) is 2.53. The van der Waals surface area contributed by atoms with E-state index in [2.05, 4.69) is 0 Å². The van der Waals surface area contributed by atoms with Crippen molar-refractivity contribution in [3.63, 3.8) is 0 Å². The number of rotatable bonds is 4. The van der Waals surface area contributed by atoms with Crippen molar-refractivity contribution in [3.05, 3.63) is 35.4 Å². The van der Waals surface area contributed by atoms with Crippen molar-refractivity contribution in [1.82, 2.24) is 4.90 Å². The smallest absolute Gasteiger partial charge is 0.416 e. The minimum absolute atomic E-state index is 0.142. The van der Waals surface area contributed by atoms with Crippen molar-refractivity contribution >= 4 is 11.9 Å². The Bertz CT molecular complexity index is 607. The van der Waals surface area contributed by atoms with Crippen LogP contribution in [0.2, 0.25) is 0 Å². The van der Waals surface area contributed by atoms with Gasteiger partial charge in [-0.15, -0.1) is 0 Å². The summed E-state index contributed by atoms with van der Waals surface area (Å²) in [7, 11) is 0. The summed E-state index contributed by atoms with van der Waals surface area (Å²) in [5, 5.41) is 8.96. The molecule has 132 valence electrons. The average molecular weight is 343 g/mol. The van der Waals surface area contributed by atoms with Crippen LogP contribution in [0.15, 0.2) is 24.3 Å². The number of carbonyl (C=O) groups is 2. The molecule has 0 bridgehead atoms. The maximum absolute atomic E-state index is 12.7. The second kappa shape index (κ2) is 7.23. The zero-order valence-electron chi connectivity index (χ0n) is 13.3. The number of carbonyl (C=O) groups excluding carboxylic acids is 1. The van der Waals surface area contributed by atoms with E-state index < -0.39 is 29.5 Å². The van der Waals surface area contributed by atoms with Crippen LogP contribution in [-0.2, 0) is 22.2 Å². The molecule has 0 spiro atoms. The molecule has 1 unspecified atom stereocenters. The number of benzene rings is 1. The van der Waals surface area contributed by atoms with Gasteiger partial charge < -0.3 is 10.0 Å². The first-order valence-corrected chi connectivity index (χ1v) is 7.86. The lowest BCUT2D eigenvalue weighted by Gasteiger charge is -2.32. The first-order chi connectivity index (χ1) is 11.2. The predicted octanol–water partition coefficient (Wildman–Crippen LogP) is 3.21. The number of likely N-dealkylation sites (tertiary alicyclic amines) is 1. The fourth-order valence-corrected chi connectivity index (χ4v) is 2.97. The van der Waals surface area contributed by atoms with Crippen molar-refractivity contribution in [3.8, 4) is 0 Å². The number of halogens is 3. The van der Waals surface area contributed by atoms with Crippen LogP contribution in [0.4, 0.5) is 13.2 Å². The van der Waals surface area contributed by atoms with Gasteiger partial charge in [-0.3, -0.25) is 9.59 Å². The second-order valence-corrected chi connectivity index (χ2v) is 6.24. The lowest BCUT2D eigenvalue weighted by molar-refractivity contribution is -0.146. The van der Waals surface area contributed by atoms with Crippen molar-refractivity contribution in [2.75, 3.05) is 13.1 Å². The molecule has 1 aromatic carbocycles. The quantitative estimate of drug-likeness (QED) is 0.913. The SMILES string of the molecule is CC(Cc1cccc(C(F)(F)F)c1)C(=O)N1CCC(C(=O)O)CC1. The highest BCUT2D eigenvalue weighted by Gasteiger charge is 2.31. The Hall–Kier alpha value is -2.05. The normalized spacial score (nSPS) is 17.6.